The molecular formula is C18H19F2N3O. The Balaban J connectivity index is 1.70. The normalized spacial score (nSPS) is 18.6. The van der Waals surface area contributed by atoms with Crippen molar-refractivity contribution in [2.24, 2.45) is 5.73 Å². The molecule has 126 valence electrons. The summed E-state index contributed by atoms with van der Waals surface area (Å²) in [5.74, 6) is -1.62. The number of benzene rings is 2. The van der Waals surface area contributed by atoms with Gasteiger partial charge in [-0.3, -0.25) is 10.1 Å². The van der Waals surface area contributed by atoms with Crippen LogP contribution in [0.1, 0.15) is 18.0 Å². The quantitative estimate of drug-likeness (QED) is 0.884. The zero-order valence-electron chi connectivity index (χ0n) is 13.1. The fourth-order valence-electron chi connectivity index (χ4n) is 3.08. The van der Waals surface area contributed by atoms with Crippen LogP contribution in [0.15, 0.2) is 48.5 Å². The van der Waals surface area contributed by atoms with Gasteiger partial charge in [-0.2, -0.15) is 0 Å². The Morgan fingerprint density at radius 2 is 1.96 bits per heavy atom. The predicted octanol–water partition coefficient (Wildman–Crippen LogP) is 2.36. The summed E-state index contributed by atoms with van der Waals surface area (Å²) in [6, 6.07) is 12.2. The first-order valence-corrected chi connectivity index (χ1v) is 7.85. The van der Waals surface area contributed by atoms with Gasteiger partial charge in [-0.15, -0.1) is 0 Å². The van der Waals surface area contributed by atoms with Crippen LogP contribution in [0.3, 0.4) is 0 Å². The second kappa shape index (κ2) is 6.97. The summed E-state index contributed by atoms with van der Waals surface area (Å²) in [6.45, 7) is 1.15. The molecule has 0 aromatic heterocycles. The molecule has 0 bridgehead atoms. The Labute approximate surface area is 139 Å². The molecule has 1 amide bonds. The molecule has 2 aromatic carbocycles. The number of halogens is 2. The predicted molar refractivity (Wildman–Crippen MR) is 88.5 cm³/mol. The maximum atomic E-state index is 13.9. The summed E-state index contributed by atoms with van der Waals surface area (Å²) in [7, 11) is 0. The number of primary amides is 1. The van der Waals surface area contributed by atoms with Crippen molar-refractivity contribution in [3.05, 3.63) is 65.7 Å². The summed E-state index contributed by atoms with van der Waals surface area (Å²) >= 11 is 0. The molecule has 0 aliphatic carbocycles. The summed E-state index contributed by atoms with van der Waals surface area (Å²) in [4.78, 5) is 13.6. The van der Waals surface area contributed by atoms with Crippen LogP contribution in [0.2, 0.25) is 0 Å². The first-order chi connectivity index (χ1) is 11.5. The van der Waals surface area contributed by atoms with Crippen molar-refractivity contribution in [1.82, 2.24) is 5.32 Å². The minimum atomic E-state index is -0.594. The SMILES string of the molecule is NC(=O)[C@@H](N[C@H]1CCN(c2ccc(F)cc2F)C1)c1ccccc1. The summed E-state index contributed by atoms with van der Waals surface area (Å²) < 4.78 is 26.9. The Kier molecular flexibility index (Phi) is 4.76. The first-order valence-electron chi connectivity index (χ1n) is 7.85. The van der Waals surface area contributed by atoms with Gasteiger partial charge < -0.3 is 10.6 Å². The zero-order valence-corrected chi connectivity index (χ0v) is 13.1. The van der Waals surface area contributed by atoms with E-state index in [0.717, 1.165) is 18.1 Å². The molecule has 1 aliphatic rings. The molecule has 0 unspecified atom stereocenters. The summed E-state index contributed by atoms with van der Waals surface area (Å²) in [5.41, 5.74) is 6.69. The molecule has 24 heavy (non-hydrogen) atoms. The van der Waals surface area contributed by atoms with Crippen molar-refractivity contribution in [3.8, 4) is 0 Å². The largest absolute Gasteiger partial charge is 0.368 e. The lowest BCUT2D eigenvalue weighted by Gasteiger charge is -2.22. The van der Waals surface area contributed by atoms with E-state index in [1.165, 1.54) is 12.1 Å². The molecule has 1 heterocycles. The Bertz CT molecular complexity index is 723. The molecule has 0 saturated carbocycles. The van der Waals surface area contributed by atoms with E-state index in [-0.39, 0.29) is 6.04 Å². The van der Waals surface area contributed by atoms with E-state index < -0.39 is 23.6 Å². The number of rotatable bonds is 5. The Hall–Kier alpha value is -2.47. The topological polar surface area (TPSA) is 58.4 Å². The molecule has 4 nitrogen and oxygen atoms in total. The number of hydrogen-bond donors (Lipinski definition) is 2. The van der Waals surface area contributed by atoms with E-state index in [2.05, 4.69) is 5.32 Å². The Morgan fingerprint density at radius 3 is 2.62 bits per heavy atom. The number of nitrogens with two attached hydrogens (primary N) is 1. The molecule has 1 aliphatic heterocycles. The van der Waals surface area contributed by atoms with Gasteiger partial charge in [0.25, 0.3) is 0 Å². The fraction of sp³-hybridized carbons (Fsp3) is 0.278. The van der Waals surface area contributed by atoms with E-state index in [9.17, 15) is 13.6 Å². The van der Waals surface area contributed by atoms with Gasteiger partial charge in [-0.05, 0) is 24.1 Å². The summed E-state index contributed by atoms with van der Waals surface area (Å²) in [5, 5.41) is 3.25. The molecule has 3 rings (SSSR count). The number of amides is 1. The van der Waals surface area contributed by atoms with E-state index in [4.69, 9.17) is 5.73 Å². The lowest BCUT2D eigenvalue weighted by molar-refractivity contribution is -0.120. The second-order valence-electron chi connectivity index (χ2n) is 5.94. The minimum Gasteiger partial charge on any atom is -0.368 e. The standard InChI is InChI=1S/C18H19F2N3O/c19-13-6-7-16(15(20)10-13)23-9-8-14(11-23)22-17(18(21)24)12-4-2-1-3-5-12/h1-7,10,14,17,22H,8-9,11H2,(H2,21,24)/t14-,17-/m0/s1. The van der Waals surface area contributed by atoms with E-state index in [1.54, 1.807) is 0 Å². The highest BCUT2D eigenvalue weighted by molar-refractivity contribution is 5.81. The average Bonchev–Trinajstić information content (AvgIpc) is 3.01. The van der Waals surface area contributed by atoms with Gasteiger partial charge >= 0.3 is 0 Å². The molecule has 0 spiro atoms. The third-order valence-electron chi connectivity index (χ3n) is 4.26. The maximum absolute atomic E-state index is 13.9. The lowest BCUT2D eigenvalue weighted by atomic mass is 10.1. The van der Waals surface area contributed by atoms with E-state index >= 15 is 0 Å². The molecule has 2 atom stereocenters. The second-order valence-corrected chi connectivity index (χ2v) is 5.94. The highest BCUT2D eigenvalue weighted by atomic mass is 19.1. The maximum Gasteiger partial charge on any atom is 0.239 e. The van der Waals surface area contributed by atoms with Crippen LogP contribution in [0.5, 0.6) is 0 Å². The number of hydrogen-bond acceptors (Lipinski definition) is 3. The number of nitrogens with zero attached hydrogens (tertiary/aromatic N) is 1. The van der Waals surface area contributed by atoms with Gasteiger partial charge in [0, 0.05) is 25.2 Å². The van der Waals surface area contributed by atoms with Gasteiger partial charge in [0.05, 0.1) is 5.69 Å². The zero-order chi connectivity index (χ0) is 17.1. The molecule has 1 saturated heterocycles. The van der Waals surface area contributed by atoms with Crippen LogP contribution in [0.25, 0.3) is 0 Å². The van der Waals surface area contributed by atoms with Crippen molar-refractivity contribution in [2.75, 3.05) is 18.0 Å². The van der Waals surface area contributed by atoms with Crippen LogP contribution in [0, 0.1) is 11.6 Å². The molecule has 1 fully saturated rings. The van der Waals surface area contributed by atoms with Crippen molar-refractivity contribution < 1.29 is 13.6 Å². The molecule has 3 N–H and O–H groups in total. The number of anilines is 1. The third kappa shape index (κ3) is 3.54. The number of carbonyl (C=O) groups is 1. The smallest absolute Gasteiger partial charge is 0.239 e. The van der Waals surface area contributed by atoms with Crippen LogP contribution in [-0.2, 0) is 4.79 Å². The van der Waals surface area contributed by atoms with Gasteiger partial charge in [-0.25, -0.2) is 8.78 Å². The fourth-order valence-corrected chi connectivity index (χ4v) is 3.08. The number of carbonyl (C=O) groups excluding carboxylic acids is 1. The van der Waals surface area contributed by atoms with Crippen molar-refractivity contribution in [1.29, 1.82) is 0 Å². The minimum absolute atomic E-state index is 0.00726. The molecule has 2 aromatic rings. The van der Waals surface area contributed by atoms with Crippen LogP contribution >= 0.6 is 0 Å². The third-order valence-corrected chi connectivity index (χ3v) is 4.26. The Morgan fingerprint density at radius 1 is 1.21 bits per heavy atom. The van der Waals surface area contributed by atoms with E-state index in [1.807, 2.05) is 35.2 Å². The van der Waals surface area contributed by atoms with Gasteiger partial charge in [0.1, 0.15) is 17.7 Å². The van der Waals surface area contributed by atoms with Gasteiger partial charge in [0.15, 0.2) is 0 Å². The van der Waals surface area contributed by atoms with Crippen molar-refractivity contribution >= 4 is 11.6 Å². The van der Waals surface area contributed by atoms with Crippen molar-refractivity contribution in [3.63, 3.8) is 0 Å². The highest BCUT2D eigenvalue weighted by Crippen LogP contribution is 2.25. The van der Waals surface area contributed by atoms with Crippen molar-refractivity contribution in [2.45, 2.75) is 18.5 Å². The lowest BCUT2D eigenvalue weighted by Crippen LogP contribution is -2.41. The molecule has 6 heteroatoms. The van der Waals surface area contributed by atoms with Crippen LogP contribution in [-0.4, -0.2) is 25.0 Å². The highest BCUT2D eigenvalue weighted by Gasteiger charge is 2.28. The first kappa shape index (κ1) is 16.4. The molecular weight excluding hydrogens is 312 g/mol. The monoisotopic (exact) mass is 331 g/mol. The van der Waals surface area contributed by atoms with Crippen LogP contribution < -0.4 is 16.0 Å². The van der Waals surface area contributed by atoms with Gasteiger partial charge in [-0.1, -0.05) is 30.3 Å². The summed E-state index contributed by atoms with van der Waals surface area (Å²) in [6.07, 6.45) is 0.743. The van der Waals surface area contributed by atoms with Crippen LogP contribution in [0.4, 0.5) is 14.5 Å². The number of nitrogens with one attached hydrogen (secondary N) is 1. The molecule has 0 radical (unpaired) electrons. The average molecular weight is 331 g/mol. The van der Waals surface area contributed by atoms with E-state index in [0.29, 0.717) is 18.8 Å². The van der Waals surface area contributed by atoms with Gasteiger partial charge in [0.2, 0.25) is 5.91 Å².